The number of para-hydroxylation sites is 2. The Morgan fingerprint density at radius 3 is 1.75 bits per heavy atom. The number of furan rings is 1. The summed E-state index contributed by atoms with van der Waals surface area (Å²) in [5.74, 6) is 1.67. The van der Waals surface area contributed by atoms with E-state index in [2.05, 4.69) is 46.4 Å². The summed E-state index contributed by atoms with van der Waals surface area (Å²) < 4.78 is 6.39. The Balaban J connectivity index is 1.10. The molecule has 0 saturated carbocycles. The van der Waals surface area contributed by atoms with Gasteiger partial charge in [-0.25, -0.2) is 24.9 Å². The first-order valence-electron chi connectivity index (χ1n) is 17.2. The van der Waals surface area contributed by atoms with E-state index in [0.29, 0.717) is 28.9 Å². The number of aromatic nitrogens is 7. The van der Waals surface area contributed by atoms with Gasteiger partial charge in [0.05, 0.1) is 28.0 Å². The average molecular weight is 682 g/mol. The zero-order chi connectivity index (χ0) is 35.1. The van der Waals surface area contributed by atoms with Gasteiger partial charge in [-0.05, 0) is 65.7 Å². The fourth-order valence-corrected chi connectivity index (χ4v) is 6.70. The van der Waals surface area contributed by atoms with Gasteiger partial charge in [0.15, 0.2) is 17.5 Å². The van der Waals surface area contributed by atoms with Gasteiger partial charge in [0.25, 0.3) is 0 Å². The van der Waals surface area contributed by atoms with Crippen molar-refractivity contribution in [1.29, 1.82) is 0 Å². The predicted molar refractivity (Wildman–Crippen MR) is 208 cm³/mol. The van der Waals surface area contributed by atoms with Gasteiger partial charge in [0.1, 0.15) is 22.6 Å². The van der Waals surface area contributed by atoms with Gasteiger partial charge in [-0.1, -0.05) is 97.1 Å². The van der Waals surface area contributed by atoms with Crippen LogP contribution in [0.4, 0.5) is 0 Å². The van der Waals surface area contributed by atoms with E-state index in [4.69, 9.17) is 29.3 Å². The molecule has 5 heterocycles. The van der Waals surface area contributed by atoms with Crippen molar-refractivity contribution in [3.8, 4) is 68.1 Å². The second-order valence-corrected chi connectivity index (χ2v) is 12.6. The van der Waals surface area contributed by atoms with Crippen molar-refractivity contribution in [2.24, 2.45) is 0 Å². The molecule has 8 nitrogen and oxygen atoms in total. The summed E-state index contributed by atoms with van der Waals surface area (Å²) in [5, 5.41) is 2.07. The van der Waals surface area contributed by atoms with Crippen molar-refractivity contribution < 1.29 is 4.42 Å². The van der Waals surface area contributed by atoms with Gasteiger partial charge in [-0.2, -0.15) is 0 Å². The number of pyridine rings is 2. The third kappa shape index (κ3) is 5.55. The van der Waals surface area contributed by atoms with Gasteiger partial charge in [-0.15, -0.1) is 0 Å². The minimum absolute atomic E-state index is 0.538. The average Bonchev–Trinajstić information content (AvgIpc) is 3.63. The molecule has 0 aliphatic heterocycles. The lowest BCUT2D eigenvalue weighted by Crippen LogP contribution is -2.00. The van der Waals surface area contributed by atoms with E-state index in [-0.39, 0.29) is 0 Å². The predicted octanol–water partition coefficient (Wildman–Crippen LogP) is 10.5. The third-order valence-corrected chi connectivity index (χ3v) is 9.25. The number of hydrogen-bond acceptors (Lipinski definition) is 8. The van der Waals surface area contributed by atoms with Gasteiger partial charge in [-0.3, -0.25) is 9.97 Å². The Morgan fingerprint density at radius 2 is 0.981 bits per heavy atom. The maximum Gasteiger partial charge on any atom is 0.167 e. The Hall–Kier alpha value is -7.45. The van der Waals surface area contributed by atoms with Crippen LogP contribution in [0, 0.1) is 0 Å². The van der Waals surface area contributed by atoms with E-state index in [1.807, 2.05) is 115 Å². The van der Waals surface area contributed by atoms with E-state index in [9.17, 15) is 0 Å². The molecule has 0 N–H and O–H groups in total. The second-order valence-electron chi connectivity index (χ2n) is 12.6. The number of benzene rings is 5. The largest absolute Gasteiger partial charge is 0.455 e. The molecule has 0 aliphatic rings. The normalized spacial score (nSPS) is 11.4. The monoisotopic (exact) mass is 681 g/mol. The third-order valence-electron chi connectivity index (χ3n) is 9.25. The Bertz CT molecular complexity index is 2950. The highest BCUT2D eigenvalue weighted by Crippen LogP contribution is 2.36. The fourth-order valence-electron chi connectivity index (χ4n) is 6.70. The van der Waals surface area contributed by atoms with E-state index >= 15 is 0 Å². The van der Waals surface area contributed by atoms with Gasteiger partial charge in [0, 0.05) is 34.3 Å². The first-order valence-corrected chi connectivity index (χ1v) is 17.2. The number of fused-ring (bicyclic) bond motifs is 4. The minimum atomic E-state index is 0.538. The maximum atomic E-state index is 6.39. The summed E-state index contributed by atoms with van der Waals surface area (Å²) in [5.41, 5.74) is 10.4. The SMILES string of the molecule is c1ccc(-c2nc(-c3cccc(-c4ccc5nc(-c6ccccn6)c(-c6ccccn6)nc5c4)c3)nc(-c3cccc4c3oc3ccccc34)n2)cc1. The highest BCUT2D eigenvalue weighted by Gasteiger charge is 2.19. The Kier molecular flexibility index (Phi) is 7.28. The van der Waals surface area contributed by atoms with Gasteiger partial charge < -0.3 is 4.42 Å². The molecule has 0 bridgehead atoms. The topological polar surface area (TPSA) is 103 Å². The van der Waals surface area contributed by atoms with Crippen LogP contribution in [0.25, 0.3) is 101 Å². The quantitative estimate of drug-likeness (QED) is 0.171. The lowest BCUT2D eigenvalue weighted by atomic mass is 10.0. The van der Waals surface area contributed by atoms with E-state index in [1.165, 1.54) is 0 Å². The lowest BCUT2D eigenvalue weighted by molar-refractivity contribution is 0.669. The Morgan fingerprint density at radius 1 is 0.377 bits per heavy atom. The van der Waals surface area contributed by atoms with Crippen LogP contribution < -0.4 is 0 Å². The summed E-state index contributed by atoms with van der Waals surface area (Å²) >= 11 is 0. The number of rotatable bonds is 6. The zero-order valence-electron chi connectivity index (χ0n) is 28.1. The smallest absolute Gasteiger partial charge is 0.167 e. The molecule has 5 aromatic carbocycles. The van der Waals surface area contributed by atoms with Gasteiger partial charge in [0.2, 0.25) is 0 Å². The second kappa shape index (κ2) is 12.7. The molecule has 0 fully saturated rings. The molecular formula is C45H27N7O. The summed E-state index contributed by atoms with van der Waals surface area (Å²) in [6.45, 7) is 0. The van der Waals surface area contributed by atoms with Gasteiger partial charge >= 0.3 is 0 Å². The summed E-state index contributed by atoms with van der Waals surface area (Å²) in [6, 6.07) is 50.0. The standard InChI is InChI=1S/C45H27N7O/c1-2-12-28(13-3-1)43-50-44(52-45(51-43)34-18-11-17-33-32-16-4-5-21-39(32)53-42(33)34)31-15-10-14-29(26-31)30-22-23-35-38(27-30)49-41(37-20-7-9-25-47-37)40(48-35)36-19-6-8-24-46-36/h1-27H. The molecule has 0 atom stereocenters. The maximum absolute atomic E-state index is 6.39. The lowest BCUT2D eigenvalue weighted by Gasteiger charge is -2.11. The molecule has 0 aliphatic carbocycles. The molecular weight excluding hydrogens is 655 g/mol. The molecule has 0 unspecified atom stereocenters. The van der Waals surface area contributed by atoms with E-state index in [0.717, 1.165) is 72.2 Å². The fraction of sp³-hybridized carbons (Fsp3) is 0. The van der Waals surface area contributed by atoms with Crippen LogP contribution >= 0.6 is 0 Å². The number of nitrogens with zero attached hydrogens (tertiary/aromatic N) is 7. The van der Waals surface area contributed by atoms with Crippen LogP contribution in [0.5, 0.6) is 0 Å². The van der Waals surface area contributed by atoms with Crippen molar-refractivity contribution >= 4 is 33.0 Å². The van der Waals surface area contributed by atoms with Crippen LogP contribution in [0.15, 0.2) is 168 Å². The molecule has 5 aromatic heterocycles. The first kappa shape index (κ1) is 30.4. The van der Waals surface area contributed by atoms with Crippen LogP contribution in [0.2, 0.25) is 0 Å². The highest BCUT2D eigenvalue weighted by atomic mass is 16.3. The summed E-state index contributed by atoms with van der Waals surface area (Å²) in [7, 11) is 0. The van der Waals surface area contributed by atoms with Crippen molar-refractivity contribution in [2.75, 3.05) is 0 Å². The summed E-state index contributed by atoms with van der Waals surface area (Å²) in [4.78, 5) is 34.4. The molecule has 53 heavy (non-hydrogen) atoms. The molecule has 0 spiro atoms. The van der Waals surface area contributed by atoms with Crippen LogP contribution in [0.3, 0.4) is 0 Å². The van der Waals surface area contributed by atoms with Crippen molar-refractivity contribution in [3.05, 3.63) is 164 Å². The minimum Gasteiger partial charge on any atom is -0.455 e. The molecule has 10 aromatic rings. The molecule has 248 valence electrons. The zero-order valence-corrected chi connectivity index (χ0v) is 28.1. The number of hydrogen-bond donors (Lipinski definition) is 0. The highest BCUT2D eigenvalue weighted by molar-refractivity contribution is 6.09. The first-order chi connectivity index (χ1) is 26.2. The van der Waals surface area contributed by atoms with Crippen molar-refractivity contribution in [2.45, 2.75) is 0 Å². The van der Waals surface area contributed by atoms with E-state index in [1.54, 1.807) is 12.4 Å². The summed E-state index contributed by atoms with van der Waals surface area (Å²) in [6.07, 6.45) is 3.52. The molecule has 0 radical (unpaired) electrons. The molecule has 8 heteroatoms. The van der Waals surface area contributed by atoms with Crippen molar-refractivity contribution in [1.82, 2.24) is 34.9 Å². The molecule has 0 amide bonds. The van der Waals surface area contributed by atoms with Crippen molar-refractivity contribution in [3.63, 3.8) is 0 Å². The van der Waals surface area contributed by atoms with Crippen LogP contribution in [-0.4, -0.2) is 34.9 Å². The molecule has 10 rings (SSSR count). The van der Waals surface area contributed by atoms with Crippen LogP contribution in [0.1, 0.15) is 0 Å². The Labute approximate surface area is 303 Å². The van der Waals surface area contributed by atoms with Crippen LogP contribution in [-0.2, 0) is 0 Å². The van der Waals surface area contributed by atoms with E-state index < -0.39 is 0 Å². The molecule has 0 saturated heterocycles.